The Bertz CT molecular complexity index is 546. The van der Waals surface area contributed by atoms with E-state index in [9.17, 15) is 5.11 Å². The number of nitrogens with one attached hydrogen (secondary N) is 1. The lowest BCUT2D eigenvalue weighted by Crippen LogP contribution is -2.48. The van der Waals surface area contributed by atoms with Gasteiger partial charge in [-0.25, -0.2) is 0 Å². The third-order valence-electron chi connectivity index (χ3n) is 3.43. The number of aliphatic hydroxyl groups excluding tert-OH is 1. The number of rotatable bonds is 8. The van der Waals surface area contributed by atoms with Crippen molar-refractivity contribution in [3.8, 4) is 0 Å². The molecule has 0 saturated carbocycles. The van der Waals surface area contributed by atoms with E-state index in [1.807, 2.05) is 29.8 Å². The largest absolute Gasteiger partial charge is 0.394 e. The fourth-order valence-corrected chi connectivity index (χ4v) is 3.23. The van der Waals surface area contributed by atoms with Gasteiger partial charge in [-0.3, -0.25) is 0 Å². The maximum absolute atomic E-state index is 10.0. The van der Waals surface area contributed by atoms with Gasteiger partial charge in [0, 0.05) is 12.8 Å². The van der Waals surface area contributed by atoms with Gasteiger partial charge in [0.15, 0.2) is 5.16 Å². The van der Waals surface area contributed by atoms with Gasteiger partial charge >= 0.3 is 0 Å². The molecule has 2 rings (SSSR count). The van der Waals surface area contributed by atoms with Crippen LogP contribution in [-0.2, 0) is 12.6 Å². The number of hydrogen-bond donors (Lipinski definition) is 2. The van der Waals surface area contributed by atoms with Crippen molar-refractivity contribution in [2.45, 2.75) is 24.0 Å². The van der Waals surface area contributed by atoms with E-state index < -0.39 is 5.54 Å². The number of benzene rings is 1. The molecule has 0 aliphatic rings. The number of aryl methyl sites for hydroxylation is 1. The second-order valence-corrected chi connectivity index (χ2v) is 5.99. The summed E-state index contributed by atoms with van der Waals surface area (Å²) in [6.45, 7) is 3.02. The molecule has 0 saturated heterocycles. The molecular formula is C15H22N4OS. The third-order valence-corrected chi connectivity index (χ3v) is 4.69. The molecule has 21 heavy (non-hydrogen) atoms. The molecule has 0 aliphatic heterocycles. The molecule has 1 aromatic carbocycles. The van der Waals surface area contributed by atoms with Crippen LogP contribution in [0.3, 0.4) is 0 Å². The lowest BCUT2D eigenvalue weighted by Gasteiger charge is -2.33. The second kappa shape index (κ2) is 7.59. The highest BCUT2D eigenvalue weighted by atomic mass is 32.2. The SMILES string of the molecule is CCCNC(CO)(CSc1nncn1C)c1ccccc1. The molecule has 1 unspecified atom stereocenters. The molecule has 0 fully saturated rings. The van der Waals surface area contributed by atoms with Crippen LogP contribution in [0.15, 0.2) is 41.8 Å². The predicted molar refractivity (Wildman–Crippen MR) is 85.2 cm³/mol. The highest BCUT2D eigenvalue weighted by Gasteiger charge is 2.31. The smallest absolute Gasteiger partial charge is 0.190 e. The van der Waals surface area contributed by atoms with E-state index in [4.69, 9.17) is 0 Å². The van der Waals surface area contributed by atoms with Crippen molar-refractivity contribution in [3.05, 3.63) is 42.2 Å². The minimum atomic E-state index is -0.464. The molecule has 6 heteroatoms. The van der Waals surface area contributed by atoms with Gasteiger partial charge in [-0.05, 0) is 18.5 Å². The van der Waals surface area contributed by atoms with Crippen LogP contribution >= 0.6 is 11.8 Å². The molecule has 0 radical (unpaired) electrons. The first-order valence-electron chi connectivity index (χ1n) is 7.10. The summed E-state index contributed by atoms with van der Waals surface area (Å²) < 4.78 is 1.89. The molecule has 5 nitrogen and oxygen atoms in total. The zero-order valence-corrected chi connectivity index (χ0v) is 13.3. The highest BCUT2D eigenvalue weighted by molar-refractivity contribution is 7.99. The van der Waals surface area contributed by atoms with Crippen LogP contribution in [0.4, 0.5) is 0 Å². The van der Waals surface area contributed by atoms with Gasteiger partial charge in [0.1, 0.15) is 6.33 Å². The van der Waals surface area contributed by atoms with E-state index in [0.29, 0.717) is 5.75 Å². The Labute approximate surface area is 129 Å². The van der Waals surface area contributed by atoms with Crippen LogP contribution in [0.1, 0.15) is 18.9 Å². The molecule has 2 N–H and O–H groups in total. The minimum absolute atomic E-state index is 0.0435. The van der Waals surface area contributed by atoms with E-state index >= 15 is 0 Å². The molecule has 0 aliphatic carbocycles. The Morgan fingerprint density at radius 1 is 1.33 bits per heavy atom. The van der Waals surface area contributed by atoms with E-state index in [0.717, 1.165) is 23.7 Å². The summed E-state index contributed by atoms with van der Waals surface area (Å²) in [6.07, 6.45) is 2.70. The third kappa shape index (κ3) is 3.84. The molecule has 1 heterocycles. The molecule has 1 atom stereocenters. The first-order chi connectivity index (χ1) is 10.2. The van der Waals surface area contributed by atoms with Crippen LogP contribution in [0.2, 0.25) is 0 Å². The number of thioether (sulfide) groups is 1. The average Bonchev–Trinajstić information content (AvgIpc) is 2.94. The maximum atomic E-state index is 10.0. The maximum Gasteiger partial charge on any atom is 0.190 e. The molecule has 1 aromatic heterocycles. The van der Waals surface area contributed by atoms with Gasteiger partial charge in [0.2, 0.25) is 0 Å². The summed E-state index contributed by atoms with van der Waals surface area (Å²) in [5.41, 5.74) is 0.629. The van der Waals surface area contributed by atoms with Crippen molar-refractivity contribution in [1.82, 2.24) is 20.1 Å². The van der Waals surface area contributed by atoms with Crippen LogP contribution in [0.25, 0.3) is 0 Å². The van der Waals surface area contributed by atoms with Gasteiger partial charge < -0.3 is 15.0 Å². The topological polar surface area (TPSA) is 63.0 Å². The Morgan fingerprint density at radius 3 is 2.67 bits per heavy atom. The van der Waals surface area contributed by atoms with Crippen molar-refractivity contribution in [1.29, 1.82) is 0 Å². The fraction of sp³-hybridized carbons (Fsp3) is 0.467. The van der Waals surface area contributed by atoms with Crippen LogP contribution in [-0.4, -0.2) is 38.8 Å². The van der Waals surface area contributed by atoms with Gasteiger partial charge in [-0.2, -0.15) is 0 Å². The Hall–Kier alpha value is -1.37. The monoisotopic (exact) mass is 306 g/mol. The minimum Gasteiger partial charge on any atom is -0.394 e. The standard InChI is InChI=1S/C15H22N4OS/c1-3-9-16-15(10-20,13-7-5-4-6-8-13)11-21-14-18-17-12-19(14)2/h4-8,12,16,20H,3,9-11H2,1-2H3. The molecule has 114 valence electrons. The summed E-state index contributed by atoms with van der Waals surface area (Å²) in [7, 11) is 1.92. The number of aliphatic hydroxyl groups is 1. The lowest BCUT2D eigenvalue weighted by atomic mass is 9.92. The molecular weight excluding hydrogens is 284 g/mol. The molecule has 0 spiro atoms. The molecule has 0 bridgehead atoms. The van der Waals surface area contributed by atoms with E-state index in [-0.39, 0.29) is 6.61 Å². The first kappa shape index (κ1) is 16.0. The van der Waals surface area contributed by atoms with E-state index in [2.05, 4.69) is 34.6 Å². The van der Waals surface area contributed by atoms with Gasteiger partial charge in [-0.1, -0.05) is 49.0 Å². The second-order valence-electron chi connectivity index (χ2n) is 5.05. The van der Waals surface area contributed by atoms with E-state index in [1.165, 1.54) is 0 Å². The number of hydrogen-bond acceptors (Lipinski definition) is 5. The van der Waals surface area contributed by atoms with Crippen molar-refractivity contribution >= 4 is 11.8 Å². The van der Waals surface area contributed by atoms with Gasteiger partial charge in [0.25, 0.3) is 0 Å². The first-order valence-corrected chi connectivity index (χ1v) is 8.08. The Balaban J connectivity index is 2.20. The normalized spacial score (nSPS) is 14.0. The zero-order valence-electron chi connectivity index (χ0n) is 12.5. The summed E-state index contributed by atoms with van der Waals surface area (Å²) in [4.78, 5) is 0. The number of nitrogens with zero attached hydrogens (tertiary/aromatic N) is 3. The molecule has 0 amide bonds. The Morgan fingerprint density at radius 2 is 2.10 bits per heavy atom. The van der Waals surface area contributed by atoms with Crippen molar-refractivity contribution in [2.75, 3.05) is 18.9 Å². The predicted octanol–water partition coefficient (Wildman–Crippen LogP) is 1.79. The fourth-order valence-electron chi connectivity index (χ4n) is 2.14. The summed E-state index contributed by atoms with van der Waals surface area (Å²) >= 11 is 1.60. The van der Waals surface area contributed by atoms with E-state index in [1.54, 1.807) is 18.1 Å². The zero-order chi connectivity index (χ0) is 15.1. The molecule has 2 aromatic rings. The lowest BCUT2D eigenvalue weighted by molar-refractivity contribution is 0.179. The quantitative estimate of drug-likeness (QED) is 0.728. The van der Waals surface area contributed by atoms with Gasteiger partial charge in [-0.15, -0.1) is 10.2 Å². The van der Waals surface area contributed by atoms with Crippen molar-refractivity contribution in [2.24, 2.45) is 7.05 Å². The van der Waals surface area contributed by atoms with Crippen LogP contribution in [0.5, 0.6) is 0 Å². The van der Waals surface area contributed by atoms with Crippen LogP contribution in [0, 0.1) is 0 Å². The van der Waals surface area contributed by atoms with Crippen molar-refractivity contribution < 1.29 is 5.11 Å². The average molecular weight is 306 g/mol. The highest BCUT2D eigenvalue weighted by Crippen LogP contribution is 2.28. The summed E-state index contributed by atoms with van der Waals surface area (Å²) in [6, 6.07) is 10.1. The van der Waals surface area contributed by atoms with Gasteiger partial charge in [0.05, 0.1) is 12.1 Å². The van der Waals surface area contributed by atoms with Crippen LogP contribution < -0.4 is 5.32 Å². The summed E-state index contributed by atoms with van der Waals surface area (Å²) in [5, 5.41) is 22.4. The Kier molecular flexibility index (Phi) is 5.78. The number of aromatic nitrogens is 3. The summed E-state index contributed by atoms with van der Waals surface area (Å²) in [5.74, 6) is 0.694. The van der Waals surface area contributed by atoms with Crippen molar-refractivity contribution in [3.63, 3.8) is 0 Å².